The molecule has 0 unspecified atom stereocenters. The number of hydrogen-bond donors (Lipinski definition) is 1. The van der Waals surface area contributed by atoms with Crippen LogP contribution in [0.2, 0.25) is 0 Å². The molecule has 0 fully saturated rings. The standard InChI is InChI=1S/C20H19N3O3/c1-14(16-8-10-18(11-9-16)21-15(2)24)23-26-13-19-12-25-20(22-19)17-6-4-3-5-7-17/h3-12H,13H2,1-2H3,(H,21,24)/b23-14+. The lowest BCUT2D eigenvalue weighted by molar-refractivity contribution is -0.114. The Morgan fingerprint density at radius 1 is 1.12 bits per heavy atom. The van der Waals surface area contributed by atoms with Gasteiger partial charge >= 0.3 is 0 Å². The van der Waals surface area contributed by atoms with E-state index < -0.39 is 0 Å². The maximum Gasteiger partial charge on any atom is 0.226 e. The smallest absolute Gasteiger partial charge is 0.226 e. The molecule has 26 heavy (non-hydrogen) atoms. The number of aromatic nitrogens is 1. The molecule has 1 heterocycles. The highest BCUT2D eigenvalue weighted by Crippen LogP contribution is 2.18. The van der Waals surface area contributed by atoms with Crippen molar-refractivity contribution in [1.29, 1.82) is 0 Å². The number of benzene rings is 2. The van der Waals surface area contributed by atoms with Crippen molar-refractivity contribution in [3.8, 4) is 11.5 Å². The van der Waals surface area contributed by atoms with Gasteiger partial charge in [-0.05, 0) is 36.8 Å². The molecule has 132 valence electrons. The zero-order valence-electron chi connectivity index (χ0n) is 14.6. The minimum Gasteiger partial charge on any atom is -0.444 e. The lowest BCUT2D eigenvalue weighted by Gasteiger charge is -2.04. The number of oxazole rings is 1. The number of amides is 1. The Morgan fingerprint density at radius 2 is 1.85 bits per heavy atom. The minimum atomic E-state index is -0.103. The normalized spacial score (nSPS) is 11.2. The predicted molar refractivity (Wildman–Crippen MR) is 99.7 cm³/mol. The van der Waals surface area contributed by atoms with E-state index in [1.54, 1.807) is 6.26 Å². The van der Waals surface area contributed by atoms with Crippen molar-refractivity contribution in [2.45, 2.75) is 20.5 Å². The molecule has 0 bridgehead atoms. The molecule has 3 rings (SSSR count). The van der Waals surface area contributed by atoms with Gasteiger partial charge in [-0.15, -0.1) is 0 Å². The molecule has 0 aliphatic heterocycles. The first-order valence-electron chi connectivity index (χ1n) is 8.16. The van der Waals surface area contributed by atoms with Gasteiger partial charge in [-0.25, -0.2) is 4.98 Å². The highest BCUT2D eigenvalue weighted by molar-refractivity contribution is 5.99. The maximum atomic E-state index is 11.0. The maximum absolute atomic E-state index is 11.0. The van der Waals surface area contributed by atoms with Crippen molar-refractivity contribution in [1.82, 2.24) is 4.98 Å². The molecule has 0 saturated carbocycles. The fraction of sp³-hybridized carbons (Fsp3) is 0.150. The van der Waals surface area contributed by atoms with Crippen LogP contribution < -0.4 is 5.32 Å². The third-order valence-electron chi connectivity index (χ3n) is 3.61. The summed E-state index contributed by atoms with van der Waals surface area (Å²) < 4.78 is 5.46. The third kappa shape index (κ3) is 4.57. The Bertz CT molecular complexity index is 900. The summed E-state index contributed by atoms with van der Waals surface area (Å²) in [7, 11) is 0. The number of carbonyl (C=O) groups excluding carboxylic acids is 1. The van der Waals surface area contributed by atoms with Crippen LogP contribution in [-0.2, 0) is 16.2 Å². The van der Waals surface area contributed by atoms with Gasteiger partial charge < -0.3 is 14.6 Å². The van der Waals surface area contributed by atoms with Crippen molar-refractivity contribution in [3.63, 3.8) is 0 Å². The molecule has 0 spiro atoms. The Kier molecular flexibility index (Phi) is 5.43. The van der Waals surface area contributed by atoms with Crippen LogP contribution in [0.15, 0.2) is 70.4 Å². The SMILES string of the molecule is CC(=O)Nc1ccc(/C(C)=N/OCc2coc(-c3ccccc3)n2)cc1. The first-order valence-corrected chi connectivity index (χ1v) is 8.16. The summed E-state index contributed by atoms with van der Waals surface area (Å²) in [6.07, 6.45) is 1.56. The van der Waals surface area contributed by atoms with Crippen molar-refractivity contribution in [2.75, 3.05) is 5.32 Å². The van der Waals surface area contributed by atoms with E-state index in [4.69, 9.17) is 9.25 Å². The molecule has 0 saturated heterocycles. The number of nitrogens with one attached hydrogen (secondary N) is 1. The first-order chi connectivity index (χ1) is 12.6. The van der Waals surface area contributed by atoms with E-state index in [0.717, 1.165) is 22.5 Å². The summed E-state index contributed by atoms with van der Waals surface area (Å²) in [6.45, 7) is 3.55. The number of hydrogen-bond acceptors (Lipinski definition) is 5. The summed E-state index contributed by atoms with van der Waals surface area (Å²) >= 11 is 0. The molecule has 6 nitrogen and oxygen atoms in total. The zero-order chi connectivity index (χ0) is 18.4. The molecule has 1 N–H and O–H groups in total. The van der Waals surface area contributed by atoms with Crippen molar-refractivity contribution >= 4 is 17.3 Å². The largest absolute Gasteiger partial charge is 0.444 e. The van der Waals surface area contributed by atoms with Gasteiger partial charge in [0.1, 0.15) is 12.0 Å². The van der Waals surface area contributed by atoms with E-state index in [-0.39, 0.29) is 12.5 Å². The summed E-state index contributed by atoms with van der Waals surface area (Å²) in [5.74, 6) is 0.451. The van der Waals surface area contributed by atoms with E-state index in [9.17, 15) is 4.79 Å². The number of oxime groups is 1. The average Bonchev–Trinajstić information content (AvgIpc) is 3.11. The predicted octanol–water partition coefficient (Wildman–Crippen LogP) is 4.24. The van der Waals surface area contributed by atoms with Gasteiger partial charge in [-0.3, -0.25) is 4.79 Å². The summed E-state index contributed by atoms with van der Waals surface area (Å²) in [5.41, 5.74) is 3.96. The Morgan fingerprint density at radius 3 is 2.54 bits per heavy atom. The van der Waals surface area contributed by atoms with Gasteiger partial charge in [0.05, 0.1) is 5.71 Å². The molecule has 0 aliphatic carbocycles. The van der Waals surface area contributed by atoms with Gasteiger partial charge in [0.15, 0.2) is 6.61 Å². The van der Waals surface area contributed by atoms with E-state index in [1.165, 1.54) is 6.92 Å². The van der Waals surface area contributed by atoms with E-state index >= 15 is 0 Å². The van der Waals surface area contributed by atoms with Crippen LogP contribution >= 0.6 is 0 Å². The molecule has 0 aliphatic rings. The van der Waals surface area contributed by atoms with Crippen molar-refractivity contribution < 1.29 is 14.0 Å². The van der Waals surface area contributed by atoms with Crippen LogP contribution in [0.4, 0.5) is 5.69 Å². The lowest BCUT2D eigenvalue weighted by Crippen LogP contribution is -2.06. The van der Waals surface area contributed by atoms with E-state index in [2.05, 4.69) is 15.5 Å². The highest BCUT2D eigenvalue weighted by Gasteiger charge is 2.06. The van der Waals surface area contributed by atoms with Crippen LogP contribution in [0.3, 0.4) is 0 Å². The van der Waals surface area contributed by atoms with Gasteiger partial charge in [0.25, 0.3) is 0 Å². The van der Waals surface area contributed by atoms with Gasteiger partial charge in [-0.2, -0.15) is 0 Å². The number of rotatable bonds is 6. The average molecular weight is 349 g/mol. The Labute approximate surface area is 151 Å². The third-order valence-corrected chi connectivity index (χ3v) is 3.61. The summed E-state index contributed by atoms with van der Waals surface area (Å²) in [4.78, 5) is 20.8. The second-order valence-electron chi connectivity index (χ2n) is 5.72. The zero-order valence-corrected chi connectivity index (χ0v) is 14.6. The first kappa shape index (κ1) is 17.4. The summed E-state index contributed by atoms with van der Waals surface area (Å²) in [5, 5.41) is 6.83. The van der Waals surface area contributed by atoms with Gasteiger partial charge in [0.2, 0.25) is 11.8 Å². The highest BCUT2D eigenvalue weighted by atomic mass is 16.6. The molecule has 2 aromatic carbocycles. The van der Waals surface area contributed by atoms with Crippen LogP contribution in [0.5, 0.6) is 0 Å². The monoisotopic (exact) mass is 349 g/mol. The summed E-state index contributed by atoms with van der Waals surface area (Å²) in [6, 6.07) is 17.1. The number of nitrogens with zero attached hydrogens (tertiary/aromatic N) is 2. The molecule has 1 amide bonds. The molecule has 6 heteroatoms. The quantitative estimate of drug-likeness (QED) is 0.533. The van der Waals surface area contributed by atoms with Crippen molar-refractivity contribution in [2.24, 2.45) is 5.16 Å². The van der Waals surface area contributed by atoms with Crippen LogP contribution in [-0.4, -0.2) is 16.6 Å². The Hall–Kier alpha value is -3.41. The van der Waals surface area contributed by atoms with Crippen LogP contribution in [0, 0.1) is 0 Å². The topological polar surface area (TPSA) is 76.7 Å². The number of anilines is 1. The Balaban J connectivity index is 1.58. The van der Waals surface area contributed by atoms with E-state index in [1.807, 2.05) is 61.5 Å². The van der Waals surface area contributed by atoms with E-state index in [0.29, 0.717) is 11.6 Å². The molecule has 3 aromatic rings. The molecule has 0 radical (unpaired) electrons. The molecular weight excluding hydrogens is 330 g/mol. The second-order valence-corrected chi connectivity index (χ2v) is 5.72. The minimum absolute atomic E-state index is 0.103. The number of carbonyl (C=O) groups is 1. The molecule has 1 aromatic heterocycles. The fourth-order valence-corrected chi connectivity index (χ4v) is 2.33. The molecule has 0 atom stereocenters. The molecular formula is C20H19N3O3. The second kappa shape index (κ2) is 8.11. The fourth-order valence-electron chi connectivity index (χ4n) is 2.33. The lowest BCUT2D eigenvalue weighted by atomic mass is 10.1. The van der Waals surface area contributed by atoms with Crippen molar-refractivity contribution in [3.05, 3.63) is 72.1 Å². The van der Waals surface area contributed by atoms with Gasteiger partial charge in [0, 0.05) is 18.2 Å². The van der Waals surface area contributed by atoms with Crippen LogP contribution in [0.25, 0.3) is 11.5 Å². The van der Waals surface area contributed by atoms with Crippen LogP contribution in [0.1, 0.15) is 25.1 Å². The van der Waals surface area contributed by atoms with Gasteiger partial charge in [-0.1, -0.05) is 35.5 Å².